The second kappa shape index (κ2) is 8.01. The number of carbonyl (C=O) groups is 1. The number of hydrogen-bond acceptors (Lipinski definition) is 3. The van der Waals surface area contributed by atoms with Crippen molar-refractivity contribution in [2.45, 2.75) is 58.0 Å². The Labute approximate surface area is 131 Å². The summed E-state index contributed by atoms with van der Waals surface area (Å²) in [6, 6.07) is 4.70. The minimum Gasteiger partial charge on any atom is -0.353 e. The first-order valence-electron chi connectivity index (χ1n) is 7.15. The van der Waals surface area contributed by atoms with Gasteiger partial charge < -0.3 is 11.1 Å². The van der Waals surface area contributed by atoms with E-state index in [-0.39, 0.29) is 30.4 Å². The van der Waals surface area contributed by atoms with Crippen molar-refractivity contribution in [1.29, 1.82) is 0 Å². The molecule has 1 fully saturated rings. The van der Waals surface area contributed by atoms with E-state index in [1.807, 2.05) is 0 Å². The Morgan fingerprint density at radius 1 is 1.50 bits per heavy atom. The molecule has 1 aliphatic rings. The molecule has 1 aromatic rings. The van der Waals surface area contributed by atoms with Crippen LogP contribution in [0.1, 0.15) is 42.4 Å². The van der Waals surface area contributed by atoms with Crippen LogP contribution in [0.15, 0.2) is 12.1 Å². The van der Waals surface area contributed by atoms with Crippen LogP contribution in [0.5, 0.6) is 0 Å². The minimum absolute atomic E-state index is 0. The van der Waals surface area contributed by atoms with E-state index in [1.165, 1.54) is 16.2 Å². The van der Waals surface area contributed by atoms with Gasteiger partial charge in [0.25, 0.3) is 0 Å². The summed E-state index contributed by atoms with van der Waals surface area (Å²) in [6.07, 6.45) is 4.86. The first kappa shape index (κ1) is 17.5. The lowest BCUT2D eigenvalue weighted by atomic mass is 9.99. The van der Waals surface area contributed by atoms with E-state index in [4.69, 9.17) is 5.73 Å². The first-order valence-corrected chi connectivity index (χ1v) is 7.96. The highest BCUT2D eigenvalue weighted by molar-refractivity contribution is 7.11. The fraction of sp³-hybridized carbons (Fsp3) is 0.667. The molecule has 0 aromatic carbocycles. The van der Waals surface area contributed by atoms with Crippen molar-refractivity contribution < 1.29 is 4.79 Å². The van der Waals surface area contributed by atoms with Gasteiger partial charge in [-0.05, 0) is 44.7 Å². The second-order valence-corrected chi connectivity index (χ2v) is 7.12. The zero-order valence-electron chi connectivity index (χ0n) is 12.2. The van der Waals surface area contributed by atoms with Crippen LogP contribution in [0.2, 0.25) is 0 Å². The number of thiophene rings is 1. The molecule has 5 heteroatoms. The molecule has 2 rings (SSSR count). The van der Waals surface area contributed by atoms with Crippen LogP contribution >= 0.6 is 23.7 Å². The Morgan fingerprint density at radius 2 is 2.25 bits per heavy atom. The molecule has 0 saturated heterocycles. The lowest BCUT2D eigenvalue weighted by Crippen LogP contribution is -2.37. The van der Waals surface area contributed by atoms with Crippen molar-refractivity contribution in [3.8, 4) is 0 Å². The van der Waals surface area contributed by atoms with Gasteiger partial charge in [0.15, 0.2) is 0 Å². The lowest BCUT2D eigenvalue weighted by Gasteiger charge is -2.17. The van der Waals surface area contributed by atoms with Crippen molar-refractivity contribution in [1.82, 2.24) is 5.32 Å². The van der Waals surface area contributed by atoms with Gasteiger partial charge in [-0.25, -0.2) is 0 Å². The molecule has 3 atom stereocenters. The topological polar surface area (TPSA) is 55.1 Å². The highest BCUT2D eigenvalue weighted by Crippen LogP contribution is 2.26. The van der Waals surface area contributed by atoms with Crippen LogP contribution in [-0.4, -0.2) is 18.0 Å². The summed E-state index contributed by atoms with van der Waals surface area (Å²) in [6.45, 7) is 4.18. The molecule has 1 heterocycles. The number of aryl methyl sites for hydroxylation is 1. The monoisotopic (exact) mass is 316 g/mol. The third kappa shape index (κ3) is 5.08. The molecular weight excluding hydrogens is 292 g/mol. The fourth-order valence-corrected chi connectivity index (χ4v) is 3.86. The maximum atomic E-state index is 12.0. The zero-order chi connectivity index (χ0) is 13.8. The third-order valence-electron chi connectivity index (χ3n) is 3.88. The number of rotatable bonds is 5. The Bertz CT molecular complexity index is 435. The first-order chi connectivity index (χ1) is 9.04. The van der Waals surface area contributed by atoms with Crippen molar-refractivity contribution >= 4 is 29.7 Å². The Kier molecular flexibility index (Phi) is 7.00. The van der Waals surface area contributed by atoms with Gasteiger partial charge in [0.2, 0.25) is 5.91 Å². The molecule has 114 valence electrons. The average molecular weight is 317 g/mol. The number of carbonyl (C=O) groups excluding carboxylic acids is 1. The zero-order valence-corrected chi connectivity index (χ0v) is 13.9. The maximum absolute atomic E-state index is 12.0. The van der Waals surface area contributed by atoms with Crippen LogP contribution < -0.4 is 11.1 Å². The van der Waals surface area contributed by atoms with Crippen molar-refractivity contribution in [2.75, 3.05) is 0 Å². The Morgan fingerprint density at radius 3 is 2.80 bits per heavy atom. The Balaban J connectivity index is 0.00000200. The minimum atomic E-state index is 0. The Hall–Kier alpha value is -0.580. The molecule has 1 aromatic heterocycles. The molecule has 0 aliphatic heterocycles. The van der Waals surface area contributed by atoms with Crippen molar-refractivity contribution in [3.05, 3.63) is 21.9 Å². The van der Waals surface area contributed by atoms with Crippen LogP contribution in [0.4, 0.5) is 0 Å². The van der Waals surface area contributed by atoms with Gasteiger partial charge in [0.1, 0.15) is 0 Å². The van der Waals surface area contributed by atoms with Gasteiger partial charge in [0, 0.05) is 34.7 Å². The summed E-state index contributed by atoms with van der Waals surface area (Å²) in [4.78, 5) is 14.6. The van der Waals surface area contributed by atoms with Crippen LogP contribution in [-0.2, 0) is 11.2 Å². The van der Waals surface area contributed by atoms with E-state index in [1.54, 1.807) is 11.3 Å². The van der Waals surface area contributed by atoms with E-state index in [0.717, 1.165) is 19.3 Å². The van der Waals surface area contributed by atoms with Gasteiger partial charge in [0.05, 0.1) is 0 Å². The second-order valence-electron chi connectivity index (χ2n) is 5.74. The van der Waals surface area contributed by atoms with E-state index in [9.17, 15) is 4.79 Å². The number of nitrogens with two attached hydrogens (primary N) is 1. The molecule has 0 spiro atoms. The van der Waals surface area contributed by atoms with E-state index < -0.39 is 0 Å². The summed E-state index contributed by atoms with van der Waals surface area (Å²) in [5, 5.41) is 3.10. The summed E-state index contributed by atoms with van der Waals surface area (Å²) in [5.41, 5.74) is 6.01. The number of nitrogens with one attached hydrogen (secondary N) is 1. The average Bonchev–Trinajstić information content (AvgIpc) is 2.89. The normalized spacial score (nSPS) is 23.1. The molecule has 20 heavy (non-hydrogen) atoms. The highest BCUT2D eigenvalue weighted by atomic mass is 35.5. The van der Waals surface area contributed by atoms with Gasteiger partial charge in [-0.15, -0.1) is 23.7 Å². The fourth-order valence-electron chi connectivity index (χ4n) is 2.84. The molecule has 3 N–H and O–H groups in total. The maximum Gasteiger partial charge on any atom is 0.220 e. The van der Waals surface area contributed by atoms with Crippen LogP contribution in [0.3, 0.4) is 0 Å². The van der Waals surface area contributed by atoms with E-state index in [2.05, 4.69) is 31.3 Å². The third-order valence-corrected chi connectivity index (χ3v) is 4.90. The summed E-state index contributed by atoms with van der Waals surface area (Å²) in [7, 11) is 0. The van der Waals surface area contributed by atoms with Gasteiger partial charge in [-0.3, -0.25) is 4.79 Å². The molecule has 1 saturated carbocycles. The summed E-state index contributed by atoms with van der Waals surface area (Å²) in [5.74, 6) is 0.541. The summed E-state index contributed by atoms with van der Waals surface area (Å²) < 4.78 is 0. The van der Waals surface area contributed by atoms with Crippen LogP contribution in [0, 0.1) is 12.8 Å². The number of amides is 1. The molecule has 3 nitrogen and oxygen atoms in total. The van der Waals surface area contributed by atoms with Crippen molar-refractivity contribution in [2.24, 2.45) is 11.7 Å². The molecule has 1 unspecified atom stereocenters. The predicted octanol–water partition coefficient (Wildman–Crippen LogP) is 3.04. The van der Waals surface area contributed by atoms with E-state index >= 15 is 0 Å². The molecule has 1 aliphatic carbocycles. The predicted molar refractivity (Wildman–Crippen MR) is 87.5 cm³/mol. The van der Waals surface area contributed by atoms with Gasteiger partial charge in [-0.2, -0.15) is 0 Å². The lowest BCUT2D eigenvalue weighted by molar-refractivity contribution is -0.122. The van der Waals surface area contributed by atoms with Crippen molar-refractivity contribution in [3.63, 3.8) is 0 Å². The highest BCUT2D eigenvalue weighted by Gasteiger charge is 2.26. The number of hydrogen-bond donors (Lipinski definition) is 2. The summed E-state index contributed by atoms with van der Waals surface area (Å²) >= 11 is 1.81. The quantitative estimate of drug-likeness (QED) is 0.877. The number of halogens is 1. The standard InChI is InChI=1S/C15H24N2OS.ClH/c1-10(8-13-7-6-11(2)19-13)17-15(18)9-12-4-3-5-14(12)16;/h6-7,10,12,14H,3-5,8-9,16H2,1-2H3,(H,17,18);1H/t10?,12-,14+;/m0./s1. The largest absolute Gasteiger partial charge is 0.353 e. The van der Waals surface area contributed by atoms with E-state index in [0.29, 0.717) is 12.3 Å². The molecule has 1 amide bonds. The van der Waals surface area contributed by atoms with Gasteiger partial charge >= 0.3 is 0 Å². The van der Waals surface area contributed by atoms with Crippen LogP contribution in [0.25, 0.3) is 0 Å². The molecule has 0 bridgehead atoms. The smallest absolute Gasteiger partial charge is 0.220 e. The molecule has 0 radical (unpaired) electrons. The molecular formula is C15H25ClN2OS. The SMILES string of the molecule is Cc1ccc(CC(C)NC(=O)C[C@@H]2CCC[C@H]2N)s1.Cl. The van der Waals surface area contributed by atoms with Gasteiger partial charge in [-0.1, -0.05) is 6.42 Å².